The van der Waals surface area contributed by atoms with Gasteiger partial charge >= 0.3 is 0 Å². The van der Waals surface area contributed by atoms with Crippen LogP contribution in [-0.2, 0) is 0 Å². The largest absolute Gasteiger partial charge is 0.320 e. The number of nitrogens with zero attached hydrogens (tertiary/aromatic N) is 2. The fourth-order valence-corrected chi connectivity index (χ4v) is 1.76. The topological polar surface area (TPSA) is 80.9 Å². The Morgan fingerprint density at radius 3 is 3.05 bits per heavy atom. The number of anilines is 1. The Balaban J connectivity index is 2.27. The Morgan fingerprint density at radius 1 is 1.53 bits per heavy atom. The number of nitrogens with two attached hydrogens (primary N) is 1. The molecule has 1 aromatic carbocycles. The molecule has 0 unspecified atom stereocenters. The van der Waals surface area contributed by atoms with E-state index in [0.29, 0.717) is 11.3 Å². The first-order valence-electron chi connectivity index (χ1n) is 5.27. The number of nitrogens with one attached hydrogen (secondary N) is 1. The maximum atomic E-state index is 13.2. The molecule has 19 heavy (non-hydrogen) atoms. The molecule has 2 rings (SSSR count). The second-order valence-electron chi connectivity index (χ2n) is 3.44. The first-order chi connectivity index (χ1) is 9.20. The number of benzene rings is 1. The predicted molar refractivity (Wildman–Crippen MR) is 70.2 cm³/mol. The van der Waals surface area contributed by atoms with Crippen molar-refractivity contribution in [2.75, 3.05) is 11.9 Å². The van der Waals surface area contributed by atoms with Gasteiger partial charge in [-0.15, -0.1) is 5.10 Å². The third kappa shape index (κ3) is 3.34. The van der Waals surface area contributed by atoms with Gasteiger partial charge in [-0.2, -0.15) is 0 Å². The van der Waals surface area contributed by atoms with E-state index in [9.17, 15) is 9.18 Å². The predicted octanol–water partition coefficient (Wildman–Crippen LogP) is 1.24. The number of aromatic nitrogens is 2. The van der Waals surface area contributed by atoms with Crippen molar-refractivity contribution in [3.63, 3.8) is 0 Å². The lowest BCUT2D eigenvalue weighted by molar-refractivity contribution is 0.102. The molecule has 0 bridgehead atoms. The zero-order valence-electron chi connectivity index (χ0n) is 9.68. The van der Waals surface area contributed by atoms with Gasteiger partial charge in [-0.25, -0.2) is 4.39 Å². The molecule has 1 amide bonds. The van der Waals surface area contributed by atoms with E-state index in [4.69, 9.17) is 5.73 Å². The van der Waals surface area contributed by atoms with Crippen molar-refractivity contribution in [3.05, 3.63) is 40.7 Å². The van der Waals surface area contributed by atoms with Gasteiger partial charge in [0.2, 0.25) is 0 Å². The van der Waals surface area contributed by atoms with Crippen molar-refractivity contribution < 1.29 is 9.18 Å². The van der Waals surface area contributed by atoms with Crippen LogP contribution in [0.15, 0.2) is 23.6 Å². The Kier molecular flexibility index (Phi) is 4.18. The zero-order chi connectivity index (χ0) is 13.7. The lowest BCUT2D eigenvalue weighted by Gasteiger charge is -2.05. The standard InChI is InChI=1S/C12H9FN4OS/c13-9-3-4-10(8(6-9)2-1-5-14)15-12(18)11-7-19-17-16-11/h3-4,6-7H,5,14H2,(H,15,18). The van der Waals surface area contributed by atoms with E-state index in [0.717, 1.165) is 11.5 Å². The van der Waals surface area contributed by atoms with Gasteiger partial charge in [0, 0.05) is 5.38 Å². The first kappa shape index (κ1) is 13.1. The summed E-state index contributed by atoms with van der Waals surface area (Å²) in [7, 11) is 0. The zero-order valence-corrected chi connectivity index (χ0v) is 10.5. The fourth-order valence-electron chi connectivity index (χ4n) is 1.33. The van der Waals surface area contributed by atoms with Gasteiger partial charge in [0.1, 0.15) is 5.82 Å². The normalized spacial score (nSPS) is 9.58. The van der Waals surface area contributed by atoms with Gasteiger partial charge in [-0.1, -0.05) is 16.3 Å². The highest BCUT2D eigenvalue weighted by Gasteiger charge is 2.11. The molecule has 1 aromatic heterocycles. The molecular formula is C12H9FN4OS. The smallest absolute Gasteiger partial charge is 0.277 e. The second kappa shape index (κ2) is 6.04. The van der Waals surface area contributed by atoms with Crippen LogP contribution in [0.25, 0.3) is 0 Å². The average Bonchev–Trinajstić information content (AvgIpc) is 2.93. The lowest BCUT2D eigenvalue weighted by atomic mass is 10.1. The summed E-state index contributed by atoms with van der Waals surface area (Å²) in [4.78, 5) is 11.8. The Hall–Kier alpha value is -2.30. The quantitative estimate of drug-likeness (QED) is 0.809. The van der Waals surface area contributed by atoms with Crippen molar-refractivity contribution in [2.24, 2.45) is 5.73 Å². The third-order valence-corrected chi connectivity index (χ3v) is 2.65. The van der Waals surface area contributed by atoms with Crippen molar-refractivity contribution >= 4 is 23.1 Å². The van der Waals surface area contributed by atoms with Crippen molar-refractivity contribution in [2.45, 2.75) is 0 Å². The monoisotopic (exact) mass is 276 g/mol. The summed E-state index contributed by atoms with van der Waals surface area (Å²) in [6.45, 7) is 0.153. The number of hydrogen-bond acceptors (Lipinski definition) is 5. The van der Waals surface area contributed by atoms with Crippen LogP contribution in [0.1, 0.15) is 16.1 Å². The highest BCUT2D eigenvalue weighted by molar-refractivity contribution is 7.03. The summed E-state index contributed by atoms with van der Waals surface area (Å²) < 4.78 is 16.8. The van der Waals surface area contributed by atoms with Gasteiger partial charge in [0.15, 0.2) is 5.69 Å². The summed E-state index contributed by atoms with van der Waals surface area (Å²) in [6.07, 6.45) is 0. The van der Waals surface area contributed by atoms with Gasteiger partial charge < -0.3 is 11.1 Å². The molecule has 0 aliphatic carbocycles. The summed E-state index contributed by atoms with van der Waals surface area (Å²) in [6, 6.07) is 3.91. The van der Waals surface area contributed by atoms with Crippen LogP contribution in [-0.4, -0.2) is 22.0 Å². The third-order valence-electron chi connectivity index (χ3n) is 2.15. The van der Waals surface area contributed by atoms with E-state index >= 15 is 0 Å². The number of hydrogen-bond donors (Lipinski definition) is 2. The summed E-state index contributed by atoms with van der Waals surface area (Å²) in [5, 5.41) is 7.77. The molecule has 0 aliphatic rings. The van der Waals surface area contributed by atoms with Gasteiger partial charge in [-0.05, 0) is 29.7 Å². The fraction of sp³-hybridized carbons (Fsp3) is 0.0833. The number of carbonyl (C=O) groups is 1. The maximum absolute atomic E-state index is 13.2. The number of amides is 1. The Morgan fingerprint density at radius 2 is 2.37 bits per heavy atom. The van der Waals surface area contributed by atoms with Crippen molar-refractivity contribution in [1.29, 1.82) is 0 Å². The SMILES string of the molecule is NCC#Cc1cc(F)ccc1NC(=O)c1csnn1. The number of halogens is 1. The highest BCUT2D eigenvalue weighted by Crippen LogP contribution is 2.17. The van der Waals surface area contributed by atoms with Crippen molar-refractivity contribution in [1.82, 2.24) is 9.59 Å². The molecule has 1 heterocycles. The molecule has 96 valence electrons. The second-order valence-corrected chi connectivity index (χ2v) is 4.05. The van der Waals surface area contributed by atoms with E-state index in [1.54, 1.807) is 0 Å². The molecule has 0 spiro atoms. The molecule has 0 fully saturated rings. The first-order valence-corrected chi connectivity index (χ1v) is 6.11. The highest BCUT2D eigenvalue weighted by atomic mass is 32.1. The van der Waals surface area contributed by atoms with Crippen LogP contribution in [0.2, 0.25) is 0 Å². The van der Waals surface area contributed by atoms with E-state index in [-0.39, 0.29) is 12.2 Å². The molecule has 0 saturated heterocycles. The molecule has 5 nitrogen and oxygen atoms in total. The number of rotatable bonds is 2. The minimum atomic E-state index is -0.436. The molecule has 0 aliphatic heterocycles. The van der Waals surface area contributed by atoms with Crippen LogP contribution < -0.4 is 11.1 Å². The maximum Gasteiger partial charge on any atom is 0.277 e. The van der Waals surface area contributed by atoms with Gasteiger partial charge in [-0.3, -0.25) is 4.79 Å². The van der Waals surface area contributed by atoms with E-state index in [1.165, 1.54) is 23.6 Å². The number of carbonyl (C=O) groups excluding carboxylic acids is 1. The minimum Gasteiger partial charge on any atom is -0.320 e. The van der Waals surface area contributed by atoms with Crippen LogP contribution in [0.4, 0.5) is 10.1 Å². The molecule has 0 atom stereocenters. The van der Waals surface area contributed by atoms with Crippen molar-refractivity contribution in [3.8, 4) is 11.8 Å². The van der Waals surface area contributed by atoms with Crippen LogP contribution in [0.3, 0.4) is 0 Å². The van der Waals surface area contributed by atoms with Gasteiger partial charge in [0.05, 0.1) is 17.8 Å². The Bertz CT molecular complexity index is 645. The summed E-state index contributed by atoms with van der Waals surface area (Å²) in [5.74, 6) is 4.46. The molecule has 3 N–H and O–H groups in total. The Labute approximate surface area is 112 Å². The summed E-state index contributed by atoms with van der Waals surface area (Å²) >= 11 is 1.07. The molecule has 0 saturated carbocycles. The van der Waals surface area contributed by atoms with E-state index < -0.39 is 11.7 Å². The van der Waals surface area contributed by atoms with Gasteiger partial charge in [0.25, 0.3) is 5.91 Å². The summed E-state index contributed by atoms with van der Waals surface area (Å²) in [5.41, 5.74) is 6.24. The minimum absolute atomic E-state index is 0.153. The van der Waals surface area contributed by atoms with Crippen LogP contribution in [0, 0.1) is 17.7 Å². The van der Waals surface area contributed by atoms with Crippen LogP contribution >= 0.6 is 11.5 Å². The molecule has 7 heteroatoms. The lowest BCUT2D eigenvalue weighted by Crippen LogP contribution is -2.13. The molecule has 0 radical (unpaired) electrons. The van der Waals surface area contributed by atoms with Crippen LogP contribution in [0.5, 0.6) is 0 Å². The van der Waals surface area contributed by atoms with E-state index in [1.807, 2.05) is 0 Å². The van der Waals surface area contributed by atoms with E-state index in [2.05, 4.69) is 26.7 Å². The molecular weight excluding hydrogens is 267 g/mol. The molecule has 2 aromatic rings. The average molecular weight is 276 g/mol.